The third-order valence-electron chi connectivity index (χ3n) is 2.70. The van der Waals surface area contributed by atoms with Crippen LogP contribution >= 0.6 is 11.6 Å². The molecule has 0 fully saturated rings. The molecule has 0 saturated carbocycles. The second-order valence-electron chi connectivity index (χ2n) is 4.28. The maximum absolute atomic E-state index is 11.7. The summed E-state index contributed by atoms with van der Waals surface area (Å²) in [6.45, 7) is 1.83. The van der Waals surface area contributed by atoms with Gasteiger partial charge in [0, 0.05) is 17.4 Å². The molecule has 0 radical (unpaired) electrons. The van der Waals surface area contributed by atoms with E-state index < -0.39 is 0 Å². The molecule has 1 N–H and O–H groups in total. The molecular weight excluding hydrogens is 274 g/mol. The first-order valence-corrected chi connectivity index (χ1v) is 6.51. The van der Waals surface area contributed by atoms with Crippen LogP contribution in [0.5, 0.6) is 0 Å². The van der Waals surface area contributed by atoms with E-state index in [4.69, 9.17) is 11.6 Å². The molecule has 0 aliphatic rings. The van der Waals surface area contributed by atoms with Crippen LogP contribution in [-0.4, -0.2) is 16.6 Å². The van der Waals surface area contributed by atoms with Gasteiger partial charge in [-0.05, 0) is 36.2 Å². The number of halogens is 1. The van der Waals surface area contributed by atoms with E-state index in [2.05, 4.69) is 15.5 Å². The van der Waals surface area contributed by atoms with Crippen molar-refractivity contribution in [1.29, 1.82) is 0 Å². The van der Waals surface area contributed by atoms with Crippen LogP contribution in [0, 0.1) is 0 Å². The molecule has 0 aliphatic heterocycles. The monoisotopic (exact) mass is 287 g/mol. The molecule has 0 bridgehead atoms. The molecule has 2 aromatic rings. The Balaban J connectivity index is 1.95. The molecule has 2 rings (SSSR count). The van der Waals surface area contributed by atoms with Gasteiger partial charge in [-0.15, -0.1) is 0 Å². The van der Waals surface area contributed by atoms with Crippen LogP contribution in [0.1, 0.15) is 18.1 Å². The molecule has 0 atom stereocenters. The van der Waals surface area contributed by atoms with Gasteiger partial charge in [0.05, 0.1) is 12.1 Å². The minimum absolute atomic E-state index is 0.175. The van der Waals surface area contributed by atoms with Crippen molar-refractivity contribution in [3.63, 3.8) is 0 Å². The Kier molecular flexibility index (Phi) is 4.85. The average molecular weight is 288 g/mol. The predicted molar refractivity (Wildman–Crippen MR) is 79.7 cm³/mol. The van der Waals surface area contributed by atoms with E-state index in [0.29, 0.717) is 5.02 Å². The Morgan fingerprint density at radius 3 is 2.70 bits per heavy atom. The highest BCUT2D eigenvalue weighted by atomic mass is 35.5. The Labute approximate surface area is 122 Å². The quantitative estimate of drug-likeness (QED) is 0.694. The number of hydrogen-bond donors (Lipinski definition) is 1. The number of carbonyl (C=O) groups excluding carboxylic acids is 1. The number of hydrazone groups is 1. The lowest BCUT2D eigenvalue weighted by Crippen LogP contribution is -2.21. The highest BCUT2D eigenvalue weighted by molar-refractivity contribution is 6.30. The number of aromatic nitrogens is 1. The molecule has 0 unspecified atom stereocenters. The summed E-state index contributed by atoms with van der Waals surface area (Å²) < 4.78 is 0. The zero-order chi connectivity index (χ0) is 14.4. The van der Waals surface area contributed by atoms with E-state index in [-0.39, 0.29) is 12.3 Å². The summed E-state index contributed by atoms with van der Waals surface area (Å²) in [5, 5.41) is 4.74. The largest absolute Gasteiger partial charge is 0.273 e. The summed E-state index contributed by atoms with van der Waals surface area (Å²) in [5.74, 6) is -0.175. The molecule has 102 valence electrons. The molecular formula is C15H14ClN3O. The fourth-order valence-corrected chi connectivity index (χ4v) is 1.76. The number of hydrogen-bond acceptors (Lipinski definition) is 3. The first-order valence-electron chi connectivity index (χ1n) is 6.13. The second-order valence-corrected chi connectivity index (χ2v) is 4.71. The minimum Gasteiger partial charge on any atom is -0.273 e. The number of pyridine rings is 1. The number of rotatable bonds is 4. The molecule has 0 saturated heterocycles. The number of amides is 1. The van der Waals surface area contributed by atoms with E-state index in [1.165, 1.54) is 0 Å². The average Bonchev–Trinajstić information content (AvgIpc) is 2.46. The van der Waals surface area contributed by atoms with Crippen molar-refractivity contribution in [3.05, 3.63) is 64.9 Å². The molecule has 1 aromatic carbocycles. The van der Waals surface area contributed by atoms with E-state index in [0.717, 1.165) is 16.8 Å². The van der Waals surface area contributed by atoms with Crippen LogP contribution in [0.2, 0.25) is 5.02 Å². The van der Waals surface area contributed by atoms with Crippen molar-refractivity contribution in [1.82, 2.24) is 10.4 Å². The maximum Gasteiger partial charge on any atom is 0.244 e. The Morgan fingerprint density at radius 1 is 1.30 bits per heavy atom. The Morgan fingerprint density at radius 2 is 2.05 bits per heavy atom. The topological polar surface area (TPSA) is 54.4 Å². The fourth-order valence-electron chi connectivity index (χ4n) is 1.63. The summed E-state index contributed by atoms with van der Waals surface area (Å²) in [6, 6.07) is 10.9. The normalized spacial score (nSPS) is 11.2. The predicted octanol–water partition coefficient (Wildman–Crippen LogP) is 2.82. The van der Waals surface area contributed by atoms with Gasteiger partial charge < -0.3 is 0 Å². The maximum atomic E-state index is 11.7. The van der Waals surface area contributed by atoms with Crippen LogP contribution in [-0.2, 0) is 11.2 Å². The number of carbonyl (C=O) groups is 1. The van der Waals surface area contributed by atoms with Gasteiger partial charge in [0.2, 0.25) is 5.91 Å². The molecule has 20 heavy (non-hydrogen) atoms. The number of nitrogens with zero attached hydrogens (tertiary/aromatic N) is 2. The molecule has 0 spiro atoms. The van der Waals surface area contributed by atoms with Gasteiger partial charge in [-0.1, -0.05) is 29.8 Å². The van der Waals surface area contributed by atoms with E-state index in [1.807, 2.05) is 25.1 Å². The van der Waals surface area contributed by atoms with Crippen LogP contribution in [0.4, 0.5) is 0 Å². The summed E-state index contributed by atoms with van der Waals surface area (Å²) >= 11 is 5.82. The van der Waals surface area contributed by atoms with Gasteiger partial charge >= 0.3 is 0 Å². The van der Waals surface area contributed by atoms with Crippen molar-refractivity contribution >= 4 is 23.2 Å². The smallest absolute Gasteiger partial charge is 0.244 e. The molecule has 0 aliphatic carbocycles. The highest BCUT2D eigenvalue weighted by Gasteiger charge is 2.03. The summed E-state index contributed by atoms with van der Waals surface area (Å²) in [6.07, 6.45) is 3.59. The van der Waals surface area contributed by atoms with Crippen molar-refractivity contribution < 1.29 is 4.79 Å². The lowest BCUT2D eigenvalue weighted by molar-refractivity contribution is -0.120. The van der Waals surface area contributed by atoms with E-state index in [9.17, 15) is 4.79 Å². The van der Waals surface area contributed by atoms with Crippen LogP contribution in [0.15, 0.2) is 53.9 Å². The fraction of sp³-hybridized carbons (Fsp3) is 0.133. The van der Waals surface area contributed by atoms with E-state index in [1.54, 1.807) is 30.6 Å². The summed E-state index contributed by atoms with van der Waals surface area (Å²) in [7, 11) is 0. The van der Waals surface area contributed by atoms with Crippen molar-refractivity contribution in [2.75, 3.05) is 0 Å². The first kappa shape index (κ1) is 14.2. The molecule has 1 amide bonds. The number of nitrogens with one attached hydrogen (secondary N) is 1. The SMILES string of the molecule is CC(=NNC(=O)Cc1cccnc1)c1ccc(Cl)cc1. The molecule has 1 heterocycles. The third-order valence-corrected chi connectivity index (χ3v) is 2.95. The zero-order valence-electron chi connectivity index (χ0n) is 11.0. The lowest BCUT2D eigenvalue weighted by Gasteiger charge is -2.03. The van der Waals surface area contributed by atoms with Gasteiger partial charge in [-0.3, -0.25) is 9.78 Å². The molecule has 4 nitrogen and oxygen atoms in total. The summed E-state index contributed by atoms with van der Waals surface area (Å²) in [5.41, 5.74) is 5.02. The minimum atomic E-state index is -0.175. The first-order chi connectivity index (χ1) is 9.65. The number of benzene rings is 1. The standard InChI is InChI=1S/C15H14ClN3O/c1-11(13-4-6-14(16)7-5-13)18-19-15(20)9-12-3-2-8-17-10-12/h2-8,10H,9H2,1H3,(H,19,20). The van der Waals surface area contributed by atoms with Gasteiger partial charge in [0.25, 0.3) is 0 Å². The van der Waals surface area contributed by atoms with Crippen molar-refractivity contribution in [2.45, 2.75) is 13.3 Å². The van der Waals surface area contributed by atoms with Gasteiger partial charge in [-0.2, -0.15) is 5.10 Å². The van der Waals surface area contributed by atoms with Crippen molar-refractivity contribution in [3.8, 4) is 0 Å². The Bertz CT molecular complexity index is 609. The Hall–Kier alpha value is -2.20. The van der Waals surface area contributed by atoms with Gasteiger partial charge in [0.1, 0.15) is 0 Å². The highest BCUT2D eigenvalue weighted by Crippen LogP contribution is 2.10. The summed E-state index contributed by atoms with van der Waals surface area (Å²) in [4.78, 5) is 15.7. The van der Waals surface area contributed by atoms with Crippen LogP contribution < -0.4 is 5.43 Å². The van der Waals surface area contributed by atoms with Gasteiger partial charge in [-0.25, -0.2) is 5.43 Å². The molecule has 5 heteroatoms. The zero-order valence-corrected chi connectivity index (χ0v) is 11.8. The second kappa shape index (κ2) is 6.82. The van der Waals surface area contributed by atoms with E-state index >= 15 is 0 Å². The van der Waals surface area contributed by atoms with Crippen LogP contribution in [0.25, 0.3) is 0 Å². The van der Waals surface area contributed by atoms with Crippen molar-refractivity contribution in [2.24, 2.45) is 5.10 Å². The molecule has 1 aromatic heterocycles. The van der Waals surface area contributed by atoms with Crippen LogP contribution in [0.3, 0.4) is 0 Å². The third kappa shape index (κ3) is 4.17. The lowest BCUT2D eigenvalue weighted by atomic mass is 10.1. The van der Waals surface area contributed by atoms with Gasteiger partial charge in [0.15, 0.2) is 0 Å².